The summed E-state index contributed by atoms with van der Waals surface area (Å²) in [6.07, 6.45) is 0.962. The lowest BCUT2D eigenvalue weighted by molar-refractivity contribution is -0.385. The monoisotopic (exact) mass is 400 g/mol. The predicted molar refractivity (Wildman–Crippen MR) is 107 cm³/mol. The van der Waals surface area contributed by atoms with Gasteiger partial charge in [-0.2, -0.15) is 0 Å². The van der Waals surface area contributed by atoms with Crippen molar-refractivity contribution < 1.29 is 24.0 Å². The van der Waals surface area contributed by atoms with Crippen molar-refractivity contribution in [3.8, 4) is 5.75 Å². The lowest BCUT2D eigenvalue weighted by atomic mass is 10.1. The second kappa shape index (κ2) is 10.8. The maximum atomic E-state index is 12.1. The Morgan fingerprint density at radius 3 is 2.52 bits per heavy atom. The number of carbonyl (C=O) groups excluding carboxylic acids is 2. The van der Waals surface area contributed by atoms with Gasteiger partial charge in [-0.1, -0.05) is 29.8 Å². The SMILES string of the molecule is CCOc1ccc(C(=O)OCCNC(=O)CCc2ccc(C)cc2)cc1[N+](=O)[O-]. The van der Waals surface area contributed by atoms with E-state index >= 15 is 0 Å². The Hall–Kier alpha value is -3.42. The van der Waals surface area contributed by atoms with E-state index < -0.39 is 10.9 Å². The van der Waals surface area contributed by atoms with Crippen LogP contribution in [0.25, 0.3) is 0 Å². The molecule has 0 aliphatic carbocycles. The van der Waals surface area contributed by atoms with Crippen molar-refractivity contribution in [1.82, 2.24) is 5.32 Å². The molecule has 0 heterocycles. The fourth-order valence-electron chi connectivity index (χ4n) is 2.58. The molecular formula is C21H24N2O6. The fraction of sp³-hybridized carbons (Fsp3) is 0.333. The molecule has 0 spiro atoms. The molecule has 0 bridgehead atoms. The molecule has 8 heteroatoms. The highest BCUT2D eigenvalue weighted by Gasteiger charge is 2.19. The third kappa shape index (κ3) is 6.91. The van der Waals surface area contributed by atoms with Gasteiger partial charge in [-0.25, -0.2) is 4.79 Å². The standard InChI is InChI=1S/C21H24N2O6/c1-3-28-19-10-9-17(14-18(19)23(26)27)21(25)29-13-12-22-20(24)11-8-16-6-4-15(2)5-7-16/h4-7,9-10,14H,3,8,11-13H2,1-2H3,(H,22,24). The molecule has 1 N–H and O–H groups in total. The van der Waals surface area contributed by atoms with Crippen LogP contribution in [0.3, 0.4) is 0 Å². The largest absolute Gasteiger partial charge is 0.487 e. The first-order valence-electron chi connectivity index (χ1n) is 9.31. The molecule has 2 aromatic carbocycles. The van der Waals surface area contributed by atoms with Crippen LogP contribution in [0, 0.1) is 17.0 Å². The Labute approximate surface area is 169 Å². The van der Waals surface area contributed by atoms with Crippen LogP contribution in [0.2, 0.25) is 0 Å². The van der Waals surface area contributed by atoms with Gasteiger partial charge < -0.3 is 14.8 Å². The topological polar surface area (TPSA) is 108 Å². The summed E-state index contributed by atoms with van der Waals surface area (Å²) in [5.74, 6) is -0.752. The first-order chi connectivity index (χ1) is 13.9. The minimum absolute atomic E-state index is 0.0316. The molecule has 0 aliphatic heterocycles. The number of nitrogens with one attached hydrogen (secondary N) is 1. The van der Waals surface area contributed by atoms with Gasteiger partial charge in [-0.15, -0.1) is 0 Å². The zero-order valence-corrected chi connectivity index (χ0v) is 16.5. The molecule has 2 rings (SSSR count). The summed E-state index contributed by atoms with van der Waals surface area (Å²) in [5, 5.41) is 13.8. The van der Waals surface area contributed by atoms with Gasteiger partial charge in [0.25, 0.3) is 0 Å². The Morgan fingerprint density at radius 1 is 1.14 bits per heavy atom. The molecule has 0 unspecified atom stereocenters. The summed E-state index contributed by atoms with van der Waals surface area (Å²) in [6.45, 7) is 4.12. The maximum Gasteiger partial charge on any atom is 0.338 e. The van der Waals surface area contributed by atoms with Crippen molar-refractivity contribution in [2.24, 2.45) is 0 Å². The van der Waals surface area contributed by atoms with E-state index in [-0.39, 0.29) is 42.7 Å². The molecule has 1 amide bonds. The molecule has 29 heavy (non-hydrogen) atoms. The lowest BCUT2D eigenvalue weighted by Crippen LogP contribution is -2.28. The third-order valence-corrected chi connectivity index (χ3v) is 4.11. The summed E-state index contributed by atoms with van der Waals surface area (Å²) in [7, 11) is 0. The summed E-state index contributed by atoms with van der Waals surface area (Å²) < 4.78 is 10.2. The molecule has 2 aromatic rings. The van der Waals surface area contributed by atoms with Gasteiger partial charge in [0.15, 0.2) is 5.75 Å². The second-order valence-electron chi connectivity index (χ2n) is 6.34. The molecule has 154 valence electrons. The second-order valence-corrected chi connectivity index (χ2v) is 6.34. The van der Waals surface area contributed by atoms with Crippen LogP contribution < -0.4 is 10.1 Å². The zero-order valence-electron chi connectivity index (χ0n) is 16.5. The van der Waals surface area contributed by atoms with Gasteiger partial charge in [-0.3, -0.25) is 14.9 Å². The molecular weight excluding hydrogens is 376 g/mol. The van der Waals surface area contributed by atoms with E-state index in [2.05, 4.69) is 5.32 Å². The summed E-state index contributed by atoms with van der Waals surface area (Å²) in [5.41, 5.74) is 1.99. The van der Waals surface area contributed by atoms with E-state index in [1.165, 1.54) is 12.1 Å². The minimum Gasteiger partial charge on any atom is -0.487 e. The number of rotatable bonds is 10. The van der Waals surface area contributed by atoms with Crippen molar-refractivity contribution in [3.63, 3.8) is 0 Å². The normalized spacial score (nSPS) is 10.3. The van der Waals surface area contributed by atoms with Crippen LogP contribution in [0.5, 0.6) is 5.75 Å². The highest BCUT2D eigenvalue weighted by atomic mass is 16.6. The summed E-state index contributed by atoms with van der Waals surface area (Å²) in [6, 6.07) is 11.9. The number of hydrogen-bond donors (Lipinski definition) is 1. The first kappa shape index (κ1) is 21.9. The average molecular weight is 400 g/mol. The lowest BCUT2D eigenvalue weighted by Gasteiger charge is -2.08. The molecule has 0 saturated carbocycles. The van der Waals surface area contributed by atoms with Crippen molar-refractivity contribution in [3.05, 3.63) is 69.3 Å². The summed E-state index contributed by atoms with van der Waals surface area (Å²) >= 11 is 0. The number of nitro benzene ring substituents is 1. The van der Waals surface area contributed by atoms with Crippen molar-refractivity contribution in [2.75, 3.05) is 19.8 Å². The van der Waals surface area contributed by atoms with Crippen LogP contribution in [0.15, 0.2) is 42.5 Å². The van der Waals surface area contributed by atoms with Gasteiger partial charge in [-0.05, 0) is 38.0 Å². The predicted octanol–water partition coefficient (Wildman–Crippen LogP) is 3.21. The molecule has 0 aliphatic rings. The van der Waals surface area contributed by atoms with E-state index in [1.54, 1.807) is 6.92 Å². The van der Waals surface area contributed by atoms with Crippen LogP contribution in [0.4, 0.5) is 5.69 Å². The van der Waals surface area contributed by atoms with Gasteiger partial charge >= 0.3 is 11.7 Å². The van der Waals surface area contributed by atoms with Crippen molar-refractivity contribution >= 4 is 17.6 Å². The number of esters is 1. The van der Waals surface area contributed by atoms with Gasteiger partial charge in [0.05, 0.1) is 23.6 Å². The number of hydrogen-bond acceptors (Lipinski definition) is 6. The van der Waals surface area contributed by atoms with Gasteiger partial charge in [0.2, 0.25) is 5.91 Å². The highest BCUT2D eigenvalue weighted by molar-refractivity contribution is 5.90. The van der Waals surface area contributed by atoms with E-state index in [1.807, 2.05) is 31.2 Å². The minimum atomic E-state index is -0.704. The van der Waals surface area contributed by atoms with Crippen LogP contribution in [-0.4, -0.2) is 36.6 Å². The molecule has 8 nitrogen and oxygen atoms in total. The molecule has 0 atom stereocenters. The average Bonchev–Trinajstić information content (AvgIpc) is 2.71. The quantitative estimate of drug-likeness (QED) is 0.284. The molecule has 0 fully saturated rings. The Bertz CT molecular complexity index is 864. The third-order valence-electron chi connectivity index (χ3n) is 4.11. The van der Waals surface area contributed by atoms with Gasteiger partial charge in [0, 0.05) is 12.5 Å². The van der Waals surface area contributed by atoms with Crippen LogP contribution in [-0.2, 0) is 16.0 Å². The highest BCUT2D eigenvalue weighted by Crippen LogP contribution is 2.28. The Morgan fingerprint density at radius 2 is 1.86 bits per heavy atom. The molecule has 0 radical (unpaired) electrons. The number of benzene rings is 2. The number of carbonyl (C=O) groups is 2. The maximum absolute atomic E-state index is 12.1. The summed E-state index contributed by atoms with van der Waals surface area (Å²) in [4.78, 5) is 34.4. The van der Waals surface area contributed by atoms with E-state index in [0.29, 0.717) is 12.8 Å². The number of nitrogens with zero attached hydrogens (tertiary/aromatic N) is 1. The number of ether oxygens (including phenoxy) is 2. The van der Waals surface area contributed by atoms with E-state index in [9.17, 15) is 19.7 Å². The van der Waals surface area contributed by atoms with Crippen LogP contribution in [0.1, 0.15) is 34.8 Å². The Balaban J connectivity index is 1.76. The van der Waals surface area contributed by atoms with Crippen LogP contribution >= 0.6 is 0 Å². The first-order valence-corrected chi connectivity index (χ1v) is 9.31. The Kier molecular flexibility index (Phi) is 8.14. The van der Waals surface area contributed by atoms with E-state index in [0.717, 1.165) is 17.2 Å². The number of nitro groups is 1. The van der Waals surface area contributed by atoms with Crippen molar-refractivity contribution in [1.29, 1.82) is 0 Å². The molecule has 0 aromatic heterocycles. The fourth-order valence-corrected chi connectivity index (χ4v) is 2.58. The van der Waals surface area contributed by atoms with Crippen molar-refractivity contribution in [2.45, 2.75) is 26.7 Å². The smallest absolute Gasteiger partial charge is 0.338 e. The number of amides is 1. The van der Waals surface area contributed by atoms with Gasteiger partial charge in [0.1, 0.15) is 6.61 Å². The van der Waals surface area contributed by atoms with E-state index in [4.69, 9.17) is 9.47 Å². The molecule has 0 saturated heterocycles. The number of aryl methyl sites for hydroxylation is 2. The zero-order chi connectivity index (χ0) is 21.2.